The van der Waals surface area contributed by atoms with Crippen molar-refractivity contribution < 1.29 is 0 Å². The van der Waals surface area contributed by atoms with Crippen LogP contribution >= 0.6 is 0 Å². The lowest BCUT2D eigenvalue weighted by molar-refractivity contribution is 0.346. The molecule has 88 valence electrons. The highest BCUT2D eigenvalue weighted by Gasteiger charge is 2.34. The van der Waals surface area contributed by atoms with Crippen LogP contribution in [-0.4, -0.2) is 13.1 Å². The van der Waals surface area contributed by atoms with Gasteiger partial charge in [-0.25, -0.2) is 0 Å². The SMILES string of the molecule is Cc1cccc(C2(NCCN)CCCC2)c1. The molecule has 16 heavy (non-hydrogen) atoms. The summed E-state index contributed by atoms with van der Waals surface area (Å²) in [5, 5.41) is 3.66. The van der Waals surface area contributed by atoms with E-state index < -0.39 is 0 Å². The second-order valence-electron chi connectivity index (χ2n) is 4.87. The standard InChI is InChI=1S/C14H22N2/c1-12-5-4-6-13(11-12)14(16-10-9-15)7-2-3-8-14/h4-6,11,16H,2-3,7-10,15H2,1H3. The first-order valence-electron chi connectivity index (χ1n) is 6.29. The Morgan fingerprint density at radius 2 is 2.06 bits per heavy atom. The molecule has 1 aliphatic rings. The highest BCUT2D eigenvalue weighted by atomic mass is 15.0. The van der Waals surface area contributed by atoms with Crippen molar-refractivity contribution in [3.63, 3.8) is 0 Å². The molecule has 0 amide bonds. The molecule has 0 heterocycles. The maximum absolute atomic E-state index is 5.61. The molecule has 2 nitrogen and oxygen atoms in total. The Kier molecular flexibility index (Phi) is 3.62. The summed E-state index contributed by atoms with van der Waals surface area (Å²) in [4.78, 5) is 0. The van der Waals surface area contributed by atoms with Gasteiger partial charge in [-0.3, -0.25) is 0 Å². The van der Waals surface area contributed by atoms with E-state index in [9.17, 15) is 0 Å². The smallest absolute Gasteiger partial charge is 0.0435 e. The average molecular weight is 218 g/mol. The van der Waals surface area contributed by atoms with E-state index in [1.54, 1.807) is 0 Å². The van der Waals surface area contributed by atoms with Crippen LogP contribution in [0.2, 0.25) is 0 Å². The fourth-order valence-electron chi connectivity index (χ4n) is 2.80. The topological polar surface area (TPSA) is 38.0 Å². The van der Waals surface area contributed by atoms with Crippen molar-refractivity contribution in [1.29, 1.82) is 0 Å². The minimum atomic E-state index is 0.200. The van der Waals surface area contributed by atoms with E-state index in [0.29, 0.717) is 6.54 Å². The number of nitrogens with two attached hydrogens (primary N) is 1. The molecule has 0 unspecified atom stereocenters. The molecule has 2 heteroatoms. The van der Waals surface area contributed by atoms with Crippen LogP contribution in [0.4, 0.5) is 0 Å². The average Bonchev–Trinajstić information content (AvgIpc) is 2.76. The molecule has 0 radical (unpaired) electrons. The summed E-state index contributed by atoms with van der Waals surface area (Å²) in [5.74, 6) is 0. The van der Waals surface area contributed by atoms with Crippen molar-refractivity contribution in [3.8, 4) is 0 Å². The number of rotatable bonds is 4. The van der Waals surface area contributed by atoms with Crippen LogP contribution in [0.15, 0.2) is 24.3 Å². The third kappa shape index (κ3) is 2.28. The normalized spacial score (nSPS) is 18.9. The second-order valence-corrected chi connectivity index (χ2v) is 4.87. The van der Waals surface area contributed by atoms with Gasteiger partial charge in [0.15, 0.2) is 0 Å². The third-order valence-corrected chi connectivity index (χ3v) is 3.64. The zero-order valence-electron chi connectivity index (χ0n) is 10.1. The number of benzene rings is 1. The Labute approximate surface area is 98.2 Å². The van der Waals surface area contributed by atoms with Crippen molar-refractivity contribution in [2.45, 2.75) is 38.1 Å². The van der Waals surface area contributed by atoms with E-state index in [0.717, 1.165) is 6.54 Å². The van der Waals surface area contributed by atoms with Crippen molar-refractivity contribution in [3.05, 3.63) is 35.4 Å². The van der Waals surface area contributed by atoms with E-state index in [2.05, 4.69) is 36.5 Å². The molecule has 1 saturated carbocycles. The molecule has 2 rings (SSSR count). The maximum Gasteiger partial charge on any atom is 0.0435 e. The van der Waals surface area contributed by atoms with Gasteiger partial charge in [-0.15, -0.1) is 0 Å². The molecule has 0 aromatic heterocycles. The van der Waals surface area contributed by atoms with Gasteiger partial charge in [0.2, 0.25) is 0 Å². The van der Waals surface area contributed by atoms with E-state index in [-0.39, 0.29) is 5.54 Å². The van der Waals surface area contributed by atoms with Gasteiger partial charge < -0.3 is 11.1 Å². The largest absolute Gasteiger partial charge is 0.329 e. The minimum absolute atomic E-state index is 0.200. The summed E-state index contributed by atoms with van der Waals surface area (Å²) < 4.78 is 0. The Balaban J connectivity index is 2.24. The number of hydrogen-bond acceptors (Lipinski definition) is 2. The zero-order valence-corrected chi connectivity index (χ0v) is 10.1. The quantitative estimate of drug-likeness (QED) is 0.814. The molecule has 1 aliphatic carbocycles. The van der Waals surface area contributed by atoms with Gasteiger partial charge in [0.05, 0.1) is 0 Å². The fourth-order valence-corrected chi connectivity index (χ4v) is 2.80. The number of aryl methyl sites for hydroxylation is 1. The molecular formula is C14H22N2. The van der Waals surface area contributed by atoms with E-state index in [1.807, 2.05) is 0 Å². The molecule has 1 aromatic carbocycles. The molecular weight excluding hydrogens is 196 g/mol. The lowest BCUT2D eigenvalue weighted by Gasteiger charge is -2.31. The Bertz CT molecular complexity index is 340. The molecule has 0 spiro atoms. The van der Waals surface area contributed by atoms with Crippen LogP contribution in [0.25, 0.3) is 0 Å². The Morgan fingerprint density at radius 3 is 2.69 bits per heavy atom. The van der Waals surface area contributed by atoms with Crippen LogP contribution in [0.1, 0.15) is 36.8 Å². The first kappa shape index (κ1) is 11.6. The van der Waals surface area contributed by atoms with Crippen LogP contribution < -0.4 is 11.1 Å². The highest BCUT2D eigenvalue weighted by molar-refractivity contribution is 5.30. The van der Waals surface area contributed by atoms with Crippen molar-refractivity contribution in [1.82, 2.24) is 5.32 Å². The van der Waals surface area contributed by atoms with Gasteiger partial charge >= 0.3 is 0 Å². The predicted octanol–water partition coefficient (Wildman–Crippen LogP) is 2.31. The Hall–Kier alpha value is -0.860. The summed E-state index contributed by atoms with van der Waals surface area (Å²) in [6.45, 7) is 3.79. The van der Waals surface area contributed by atoms with Gasteiger partial charge in [-0.1, -0.05) is 42.7 Å². The molecule has 0 saturated heterocycles. The Morgan fingerprint density at radius 1 is 1.31 bits per heavy atom. The zero-order chi connectivity index (χ0) is 11.4. The summed E-state index contributed by atoms with van der Waals surface area (Å²) in [6, 6.07) is 8.89. The van der Waals surface area contributed by atoms with Crippen molar-refractivity contribution >= 4 is 0 Å². The van der Waals surface area contributed by atoms with Crippen LogP contribution in [-0.2, 0) is 5.54 Å². The molecule has 0 atom stereocenters. The summed E-state index contributed by atoms with van der Waals surface area (Å²) in [6.07, 6.45) is 5.14. The van der Waals surface area contributed by atoms with Gasteiger partial charge in [0.1, 0.15) is 0 Å². The first-order chi connectivity index (χ1) is 7.77. The molecule has 0 aliphatic heterocycles. The molecule has 1 fully saturated rings. The van der Waals surface area contributed by atoms with Crippen molar-refractivity contribution in [2.75, 3.05) is 13.1 Å². The summed E-state index contributed by atoms with van der Waals surface area (Å²) in [7, 11) is 0. The summed E-state index contributed by atoms with van der Waals surface area (Å²) in [5.41, 5.74) is 8.60. The summed E-state index contributed by atoms with van der Waals surface area (Å²) >= 11 is 0. The fraction of sp³-hybridized carbons (Fsp3) is 0.571. The van der Waals surface area contributed by atoms with E-state index in [4.69, 9.17) is 5.73 Å². The third-order valence-electron chi connectivity index (χ3n) is 3.64. The van der Waals surface area contributed by atoms with Gasteiger partial charge in [-0.2, -0.15) is 0 Å². The second kappa shape index (κ2) is 4.98. The van der Waals surface area contributed by atoms with Crippen LogP contribution in [0.3, 0.4) is 0 Å². The minimum Gasteiger partial charge on any atom is -0.329 e. The van der Waals surface area contributed by atoms with E-state index in [1.165, 1.54) is 36.8 Å². The molecule has 3 N–H and O–H groups in total. The number of hydrogen-bond donors (Lipinski definition) is 2. The lowest BCUT2D eigenvalue weighted by atomic mass is 9.87. The lowest BCUT2D eigenvalue weighted by Crippen LogP contribution is -2.42. The maximum atomic E-state index is 5.61. The van der Waals surface area contributed by atoms with Crippen LogP contribution in [0.5, 0.6) is 0 Å². The molecule has 0 bridgehead atoms. The number of nitrogens with one attached hydrogen (secondary N) is 1. The molecule has 1 aromatic rings. The van der Waals surface area contributed by atoms with Crippen LogP contribution in [0, 0.1) is 6.92 Å². The van der Waals surface area contributed by atoms with Gasteiger partial charge in [-0.05, 0) is 25.3 Å². The van der Waals surface area contributed by atoms with Gasteiger partial charge in [0.25, 0.3) is 0 Å². The first-order valence-corrected chi connectivity index (χ1v) is 6.29. The predicted molar refractivity (Wildman–Crippen MR) is 68.4 cm³/mol. The van der Waals surface area contributed by atoms with Gasteiger partial charge in [0, 0.05) is 18.6 Å². The highest BCUT2D eigenvalue weighted by Crippen LogP contribution is 2.38. The monoisotopic (exact) mass is 218 g/mol. The van der Waals surface area contributed by atoms with Crippen molar-refractivity contribution in [2.24, 2.45) is 5.73 Å². The van der Waals surface area contributed by atoms with E-state index >= 15 is 0 Å².